The number of anilines is 1. The Kier molecular flexibility index (Phi) is 4.73. The summed E-state index contributed by atoms with van der Waals surface area (Å²) in [6.07, 6.45) is -2.32. The molecule has 21 heavy (non-hydrogen) atoms. The van der Waals surface area contributed by atoms with Crippen LogP contribution in [-0.2, 0) is 6.18 Å². The predicted molar refractivity (Wildman–Crippen MR) is 74.9 cm³/mol. The number of hydrogen-bond acceptors (Lipinski definition) is 3. The van der Waals surface area contributed by atoms with Crippen molar-refractivity contribution < 1.29 is 13.2 Å². The lowest BCUT2D eigenvalue weighted by Gasteiger charge is -2.23. The van der Waals surface area contributed by atoms with Crippen LogP contribution in [-0.4, -0.2) is 30.6 Å². The number of benzene rings is 1. The molecule has 1 atom stereocenters. The predicted octanol–water partition coefficient (Wildman–Crippen LogP) is 3.47. The van der Waals surface area contributed by atoms with E-state index in [-0.39, 0.29) is 5.56 Å². The van der Waals surface area contributed by atoms with E-state index < -0.39 is 11.7 Å². The Bertz CT molecular complexity index is 534. The molecule has 1 heterocycles. The summed E-state index contributed by atoms with van der Waals surface area (Å²) in [5.74, 6) is 0. The standard InChI is InChI=1S/C15H18F3N3/c1-2-21-7-3-4-13(21)10-20-12-6-5-11(9-19)14(8-12)15(16,17)18/h5-6,8,13,20H,2-4,7,10H2,1H3. The van der Waals surface area contributed by atoms with Crippen molar-refractivity contribution in [3.63, 3.8) is 0 Å². The molecule has 1 aromatic carbocycles. The smallest absolute Gasteiger partial charge is 0.383 e. The third-order valence-electron chi connectivity index (χ3n) is 3.89. The number of nitriles is 1. The molecule has 1 aliphatic rings. The maximum Gasteiger partial charge on any atom is 0.417 e. The zero-order valence-corrected chi connectivity index (χ0v) is 11.9. The lowest BCUT2D eigenvalue weighted by molar-refractivity contribution is -0.137. The number of alkyl halides is 3. The Hall–Kier alpha value is -1.74. The third kappa shape index (κ3) is 3.67. The Morgan fingerprint density at radius 1 is 1.43 bits per heavy atom. The van der Waals surface area contributed by atoms with E-state index in [0.29, 0.717) is 18.3 Å². The summed E-state index contributed by atoms with van der Waals surface area (Å²) in [7, 11) is 0. The highest BCUT2D eigenvalue weighted by Gasteiger charge is 2.34. The summed E-state index contributed by atoms with van der Waals surface area (Å²) < 4.78 is 38.7. The van der Waals surface area contributed by atoms with Crippen LogP contribution >= 0.6 is 0 Å². The Morgan fingerprint density at radius 3 is 2.81 bits per heavy atom. The molecule has 1 saturated heterocycles. The number of nitrogens with zero attached hydrogens (tertiary/aromatic N) is 2. The fourth-order valence-corrected chi connectivity index (χ4v) is 2.76. The van der Waals surface area contributed by atoms with Crippen molar-refractivity contribution in [3.8, 4) is 6.07 Å². The van der Waals surface area contributed by atoms with Gasteiger partial charge in [-0.3, -0.25) is 4.90 Å². The Labute approximate surface area is 122 Å². The van der Waals surface area contributed by atoms with Gasteiger partial charge in [-0.05, 0) is 44.1 Å². The van der Waals surface area contributed by atoms with Crippen molar-refractivity contribution >= 4 is 5.69 Å². The van der Waals surface area contributed by atoms with Crippen LogP contribution in [0.3, 0.4) is 0 Å². The summed E-state index contributed by atoms with van der Waals surface area (Å²) in [5.41, 5.74) is -0.817. The first kappa shape index (κ1) is 15.6. The molecular formula is C15H18F3N3. The average molecular weight is 297 g/mol. The molecule has 0 radical (unpaired) electrons. The molecule has 2 rings (SSSR count). The minimum absolute atomic E-state index is 0.343. The molecule has 1 aromatic rings. The van der Waals surface area contributed by atoms with Crippen molar-refractivity contribution in [1.82, 2.24) is 4.90 Å². The lowest BCUT2D eigenvalue weighted by atomic mass is 10.1. The van der Waals surface area contributed by atoms with Crippen molar-refractivity contribution in [2.75, 3.05) is 25.0 Å². The van der Waals surface area contributed by atoms with Gasteiger partial charge >= 0.3 is 6.18 Å². The van der Waals surface area contributed by atoms with Crippen molar-refractivity contribution in [2.24, 2.45) is 0 Å². The van der Waals surface area contributed by atoms with Crippen LogP contribution < -0.4 is 5.32 Å². The van der Waals surface area contributed by atoms with E-state index in [1.807, 2.05) is 0 Å². The summed E-state index contributed by atoms with van der Waals surface area (Å²) >= 11 is 0. The van der Waals surface area contributed by atoms with E-state index in [0.717, 1.165) is 32.0 Å². The molecule has 0 spiro atoms. The quantitative estimate of drug-likeness (QED) is 0.925. The maximum absolute atomic E-state index is 12.9. The van der Waals surface area contributed by atoms with E-state index in [9.17, 15) is 13.2 Å². The van der Waals surface area contributed by atoms with Gasteiger partial charge in [-0.1, -0.05) is 6.92 Å². The van der Waals surface area contributed by atoms with Gasteiger partial charge in [-0.2, -0.15) is 18.4 Å². The van der Waals surface area contributed by atoms with Crippen molar-refractivity contribution in [1.29, 1.82) is 5.26 Å². The molecule has 0 aliphatic carbocycles. The van der Waals surface area contributed by atoms with E-state index >= 15 is 0 Å². The fraction of sp³-hybridized carbons (Fsp3) is 0.533. The van der Waals surface area contributed by atoms with Crippen LogP contribution in [0, 0.1) is 11.3 Å². The van der Waals surface area contributed by atoms with Gasteiger partial charge in [0.2, 0.25) is 0 Å². The van der Waals surface area contributed by atoms with Crippen molar-refractivity contribution in [2.45, 2.75) is 32.0 Å². The molecular weight excluding hydrogens is 279 g/mol. The fourth-order valence-electron chi connectivity index (χ4n) is 2.76. The highest BCUT2D eigenvalue weighted by Crippen LogP contribution is 2.33. The van der Waals surface area contributed by atoms with Gasteiger partial charge in [0.1, 0.15) is 0 Å². The zero-order valence-electron chi connectivity index (χ0n) is 11.9. The molecule has 0 amide bonds. The molecule has 1 N–H and O–H groups in total. The third-order valence-corrected chi connectivity index (χ3v) is 3.89. The highest BCUT2D eigenvalue weighted by atomic mass is 19.4. The highest BCUT2D eigenvalue weighted by molar-refractivity contribution is 5.53. The van der Waals surface area contributed by atoms with Gasteiger partial charge < -0.3 is 5.32 Å². The summed E-state index contributed by atoms with van der Waals surface area (Å²) in [5, 5.41) is 11.8. The van der Waals surface area contributed by atoms with E-state index in [2.05, 4.69) is 17.1 Å². The van der Waals surface area contributed by atoms with Crippen LogP contribution in [0.25, 0.3) is 0 Å². The number of halogens is 3. The van der Waals surface area contributed by atoms with Gasteiger partial charge in [0.05, 0.1) is 17.2 Å². The number of likely N-dealkylation sites (tertiary alicyclic amines) is 1. The molecule has 1 unspecified atom stereocenters. The van der Waals surface area contributed by atoms with Crippen molar-refractivity contribution in [3.05, 3.63) is 29.3 Å². The first-order chi connectivity index (χ1) is 9.95. The molecule has 0 saturated carbocycles. The number of likely N-dealkylation sites (N-methyl/N-ethyl adjacent to an activating group) is 1. The molecule has 114 valence electrons. The normalized spacial score (nSPS) is 19.5. The molecule has 1 fully saturated rings. The molecule has 6 heteroatoms. The number of nitrogens with one attached hydrogen (secondary N) is 1. The topological polar surface area (TPSA) is 39.1 Å². The second-order valence-electron chi connectivity index (χ2n) is 5.18. The summed E-state index contributed by atoms with van der Waals surface area (Å²) in [6.45, 7) is 4.70. The van der Waals surface area contributed by atoms with Gasteiger partial charge in [0.25, 0.3) is 0 Å². The van der Waals surface area contributed by atoms with Crippen LogP contribution in [0.5, 0.6) is 0 Å². The Morgan fingerprint density at radius 2 is 2.19 bits per heavy atom. The molecule has 1 aliphatic heterocycles. The zero-order chi connectivity index (χ0) is 15.5. The largest absolute Gasteiger partial charge is 0.417 e. The number of hydrogen-bond donors (Lipinski definition) is 1. The monoisotopic (exact) mass is 297 g/mol. The minimum atomic E-state index is -4.51. The van der Waals surface area contributed by atoms with E-state index in [4.69, 9.17) is 5.26 Å². The second kappa shape index (κ2) is 6.35. The molecule has 0 aromatic heterocycles. The van der Waals surface area contributed by atoms with Crippen LogP contribution in [0.1, 0.15) is 30.9 Å². The van der Waals surface area contributed by atoms with E-state index in [1.54, 1.807) is 6.07 Å². The SMILES string of the molecule is CCN1CCCC1CNc1ccc(C#N)c(C(F)(F)F)c1. The van der Waals surface area contributed by atoms with Gasteiger partial charge in [0.15, 0.2) is 0 Å². The lowest BCUT2D eigenvalue weighted by Crippen LogP contribution is -2.34. The summed E-state index contributed by atoms with van der Waals surface area (Å²) in [6, 6.07) is 5.71. The average Bonchev–Trinajstić information content (AvgIpc) is 2.91. The second-order valence-corrected chi connectivity index (χ2v) is 5.18. The van der Waals surface area contributed by atoms with E-state index in [1.165, 1.54) is 12.1 Å². The Balaban J connectivity index is 2.09. The number of rotatable bonds is 4. The summed E-state index contributed by atoms with van der Waals surface area (Å²) in [4.78, 5) is 2.32. The molecule has 0 bridgehead atoms. The van der Waals surface area contributed by atoms with Gasteiger partial charge in [-0.15, -0.1) is 0 Å². The van der Waals surface area contributed by atoms with Crippen LogP contribution in [0.2, 0.25) is 0 Å². The van der Waals surface area contributed by atoms with Crippen LogP contribution in [0.4, 0.5) is 18.9 Å². The van der Waals surface area contributed by atoms with Gasteiger partial charge in [-0.25, -0.2) is 0 Å². The first-order valence-electron chi connectivity index (χ1n) is 7.05. The first-order valence-corrected chi connectivity index (χ1v) is 7.05. The maximum atomic E-state index is 12.9. The van der Waals surface area contributed by atoms with Gasteiger partial charge in [0, 0.05) is 18.3 Å². The van der Waals surface area contributed by atoms with Crippen LogP contribution in [0.15, 0.2) is 18.2 Å². The molecule has 3 nitrogen and oxygen atoms in total. The minimum Gasteiger partial charge on any atom is -0.383 e.